The Morgan fingerprint density at radius 2 is 1.25 bits per heavy atom. The van der Waals surface area contributed by atoms with Gasteiger partial charge in [0.1, 0.15) is 0 Å². The number of hydrogen-bond donors (Lipinski definition) is 1. The predicted molar refractivity (Wildman–Crippen MR) is 93.6 cm³/mol. The van der Waals surface area contributed by atoms with Crippen molar-refractivity contribution in [3.05, 3.63) is 0 Å². The summed E-state index contributed by atoms with van der Waals surface area (Å²) in [5.74, 6) is 0. The Labute approximate surface area is 147 Å². The molecule has 1 atom stereocenters. The van der Waals surface area contributed by atoms with E-state index in [0.717, 1.165) is 25.7 Å². The first kappa shape index (κ1) is 26.2. The fraction of sp³-hybridized carbons (Fsp3) is 1.00. The van der Waals surface area contributed by atoms with Crippen LogP contribution in [-0.4, -0.2) is 45.7 Å². The van der Waals surface area contributed by atoms with Gasteiger partial charge in [-0.05, 0) is 26.2 Å². The lowest BCUT2D eigenvalue weighted by molar-refractivity contribution is -0.414. The van der Waals surface area contributed by atoms with Gasteiger partial charge in [0.05, 0.1) is 32.5 Å². The third kappa shape index (κ3) is 24.2. The number of phosphoric acid groups is 1. The number of ether oxygens (including phenoxy) is 2. The van der Waals surface area contributed by atoms with Crippen molar-refractivity contribution in [2.24, 2.45) is 0 Å². The third-order valence-corrected chi connectivity index (χ3v) is 3.93. The van der Waals surface area contributed by atoms with Crippen LogP contribution in [0.15, 0.2) is 0 Å². The summed E-state index contributed by atoms with van der Waals surface area (Å²) >= 11 is 0. The number of quaternary nitrogens is 1. The molecule has 3 N–H and O–H groups in total. The van der Waals surface area contributed by atoms with Crippen molar-refractivity contribution < 1.29 is 33.7 Å². The molecular weight excluding hydrogens is 333 g/mol. The fourth-order valence-electron chi connectivity index (χ4n) is 1.15. The number of hydrogen-bond acceptors (Lipinski definition) is 6. The summed E-state index contributed by atoms with van der Waals surface area (Å²) in [7, 11) is -4.21. The summed E-state index contributed by atoms with van der Waals surface area (Å²) < 4.78 is 30.9. The molecule has 24 heavy (non-hydrogen) atoms. The molecule has 0 aromatic rings. The number of unbranched alkanes of at least 4 members (excludes halogenated alkanes) is 2. The lowest BCUT2D eigenvalue weighted by Gasteiger charge is -2.22. The quantitative estimate of drug-likeness (QED) is 0.349. The van der Waals surface area contributed by atoms with Gasteiger partial charge in [-0.25, -0.2) is 0 Å². The summed E-state index contributed by atoms with van der Waals surface area (Å²) in [6, 6.07) is 0.634. The van der Waals surface area contributed by atoms with E-state index in [1.165, 1.54) is 6.42 Å². The van der Waals surface area contributed by atoms with E-state index in [-0.39, 0.29) is 26.4 Å². The van der Waals surface area contributed by atoms with E-state index in [9.17, 15) is 9.46 Å². The van der Waals surface area contributed by atoms with Gasteiger partial charge in [-0.1, -0.05) is 33.6 Å². The fourth-order valence-corrected chi connectivity index (χ4v) is 1.82. The standard InChI is InChI=1S/C12H27O6P.C4H11N/c1-3-5-7-15-9-11-17-19(13,14)18-12-10-16-8-6-4-2;1-3-4(2)5/h3-12H2,1-2H3,(H,13,14);4H,3,5H2,1-2H3. The second kappa shape index (κ2) is 19.3. The molecular formula is C16H38NO6P. The molecule has 0 radical (unpaired) electrons. The van der Waals surface area contributed by atoms with Crippen molar-refractivity contribution in [1.82, 2.24) is 0 Å². The second-order valence-corrected chi connectivity index (χ2v) is 6.97. The van der Waals surface area contributed by atoms with Gasteiger partial charge in [-0.2, -0.15) is 0 Å². The van der Waals surface area contributed by atoms with Crippen LogP contribution in [0.3, 0.4) is 0 Å². The first-order valence-electron chi connectivity index (χ1n) is 8.98. The predicted octanol–water partition coefficient (Wildman–Crippen LogP) is 2.15. The molecule has 0 heterocycles. The second-order valence-electron chi connectivity index (χ2n) is 5.56. The average molecular weight is 371 g/mol. The van der Waals surface area contributed by atoms with Crippen molar-refractivity contribution in [2.75, 3.05) is 39.6 Å². The van der Waals surface area contributed by atoms with Crippen molar-refractivity contribution >= 4 is 7.82 Å². The zero-order chi connectivity index (χ0) is 18.7. The van der Waals surface area contributed by atoms with Gasteiger partial charge in [0.15, 0.2) is 0 Å². The molecule has 0 bridgehead atoms. The first-order chi connectivity index (χ1) is 11.4. The van der Waals surface area contributed by atoms with E-state index in [0.29, 0.717) is 19.3 Å². The van der Waals surface area contributed by atoms with Crippen LogP contribution in [0.4, 0.5) is 0 Å². The van der Waals surface area contributed by atoms with Crippen LogP contribution in [0.2, 0.25) is 0 Å². The van der Waals surface area contributed by atoms with Crippen molar-refractivity contribution in [1.29, 1.82) is 0 Å². The van der Waals surface area contributed by atoms with Gasteiger partial charge in [0, 0.05) is 13.2 Å². The maximum Gasteiger partial charge on any atom is 0.268 e. The van der Waals surface area contributed by atoms with Crippen LogP contribution in [0.25, 0.3) is 0 Å². The highest BCUT2D eigenvalue weighted by Crippen LogP contribution is 2.37. The summed E-state index contributed by atoms with van der Waals surface area (Å²) in [6.07, 6.45) is 5.20. The molecule has 7 nitrogen and oxygen atoms in total. The van der Waals surface area contributed by atoms with Gasteiger partial charge in [0.25, 0.3) is 7.82 Å². The Morgan fingerprint density at radius 1 is 0.875 bits per heavy atom. The average Bonchev–Trinajstić information content (AvgIpc) is 2.54. The Balaban J connectivity index is 0. The van der Waals surface area contributed by atoms with Gasteiger partial charge >= 0.3 is 0 Å². The smallest absolute Gasteiger partial charge is 0.268 e. The van der Waals surface area contributed by atoms with Gasteiger partial charge in [-0.15, -0.1) is 0 Å². The molecule has 0 aromatic heterocycles. The molecule has 0 saturated carbocycles. The molecule has 0 amide bonds. The third-order valence-electron chi connectivity index (χ3n) is 2.94. The minimum atomic E-state index is -4.21. The maximum absolute atomic E-state index is 11.3. The molecule has 0 aromatic carbocycles. The highest BCUT2D eigenvalue weighted by Gasteiger charge is 2.08. The summed E-state index contributed by atoms with van der Waals surface area (Å²) in [5.41, 5.74) is 3.76. The normalized spacial score (nSPS) is 12.6. The Bertz CT molecular complexity index is 272. The van der Waals surface area contributed by atoms with Crippen molar-refractivity contribution in [3.8, 4) is 0 Å². The minimum Gasteiger partial charge on any atom is -0.756 e. The Morgan fingerprint density at radius 3 is 1.54 bits per heavy atom. The minimum absolute atomic E-state index is 0.0127. The topological polar surface area (TPSA) is 105 Å². The summed E-state index contributed by atoms with van der Waals surface area (Å²) in [4.78, 5) is 11.3. The molecule has 0 aliphatic carbocycles. The lowest BCUT2D eigenvalue weighted by Crippen LogP contribution is -2.58. The van der Waals surface area contributed by atoms with Gasteiger partial charge in [0.2, 0.25) is 0 Å². The molecule has 0 aliphatic rings. The number of phosphoric ester groups is 1. The van der Waals surface area contributed by atoms with Crippen LogP contribution in [0, 0.1) is 0 Å². The van der Waals surface area contributed by atoms with E-state index in [4.69, 9.17) is 9.47 Å². The maximum atomic E-state index is 11.3. The van der Waals surface area contributed by atoms with Crippen LogP contribution < -0.4 is 10.6 Å². The Kier molecular flexibility index (Phi) is 21.1. The zero-order valence-electron chi connectivity index (χ0n) is 16.0. The number of rotatable bonds is 15. The first-order valence-corrected chi connectivity index (χ1v) is 10.4. The van der Waals surface area contributed by atoms with Crippen LogP contribution in [0.5, 0.6) is 0 Å². The highest BCUT2D eigenvalue weighted by molar-refractivity contribution is 7.45. The van der Waals surface area contributed by atoms with E-state index in [1.807, 2.05) is 0 Å². The van der Waals surface area contributed by atoms with E-state index in [2.05, 4.69) is 42.5 Å². The SMILES string of the molecule is CCC(C)[NH3+].CCCCOCCOP(=O)([O-])OCCOCCCC. The van der Waals surface area contributed by atoms with Crippen LogP contribution in [0.1, 0.15) is 59.8 Å². The summed E-state index contributed by atoms with van der Waals surface area (Å²) in [5, 5.41) is 0. The lowest BCUT2D eigenvalue weighted by atomic mass is 10.3. The molecule has 0 spiro atoms. The molecule has 0 aliphatic heterocycles. The molecule has 148 valence electrons. The van der Waals surface area contributed by atoms with Gasteiger partial charge in [-0.3, -0.25) is 4.57 Å². The van der Waals surface area contributed by atoms with Crippen molar-refractivity contribution in [2.45, 2.75) is 65.8 Å². The molecule has 0 fully saturated rings. The molecule has 0 saturated heterocycles. The van der Waals surface area contributed by atoms with E-state index in [1.54, 1.807) is 0 Å². The van der Waals surface area contributed by atoms with Crippen LogP contribution >= 0.6 is 7.82 Å². The highest BCUT2D eigenvalue weighted by atomic mass is 31.2. The van der Waals surface area contributed by atoms with Crippen molar-refractivity contribution in [3.63, 3.8) is 0 Å². The monoisotopic (exact) mass is 371 g/mol. The molecule has 1 unspecified atom stereocenters. The largest absolute Gasteiger partial charge is 0.756 e. The van der Waals surface area contributed by atoms with Crippen LogP contribution in [-0.2, 0) is 23.1 Å². The Hall–Kier alpha value is -0.0100. The molecule has 8 heteroatoms. The van der Waals surface area contributed by atoms with E-state index >= 15 is 0 Å². The summed E-state index contributed by atoms with van der Waals surface area (Å²) in [6.45, 7) is 10.1. The molecule has 0 rings (SSSR count). The zero-order valence-corrected chi connectivity index (χ0v) is 16.9. The van der Waals surface area contributed by atoms with E-state index < -0.39 is 7.82 Å². The van der Waals surface area contributed by atoms with Gasteiger partial charge < -0.3 is 29.1 Å².